The Kier molecular flexibility index (Phi) is 8.21. The topological polar surface area (TPSA) is 64.6 Å². The van der Waals surface area contributed by atoms with Crippen molar-refractivity contribution in [1.29, 1.82) is 0 Å². The van der Waals surface area contributed by atoms with Crippen LogP contribution in [0.3, 0.4) is 0 Å². The summed E-state index contributed by atoms with van der Waals surface area (Å²) in [5.41, 5.74) is 1.48. The number of esters is 1. The van der Waals surface area contributed by atoms with E-state index in [1.165, 1.54) is 25.3 Å². The monoisotopic (exact) mass is 385 g/mol. The largest absolute Gasteiger partial charge is 0.494 e. The second kappa shape index (κ2) is 10.9. The smallest absolute Gasteiger partial charge is 0.331 e. The van der Waals surface area contributed by atoms with Gasteiger partial charge in [0.2, 0.25) is 0 Å². The number of carbonyl (C=O) groups excluding carboxylic acids is 2. The molecule has 1 amide bonds. The number of halogens is 1. The highest BCUT2D eigenvalue weighted by Gasteiger charge is 2.14. The predicted molar refractivity (Wildman–Crippen MR) is 105 cm³/mol. The molecule has 6 heteroatoms. The highest BCUT2D eigenvalue weighted by Crippen LogP contribution is 2.19. The third-order valence-electron chi connectivity index (χ3n) is 4.05. The number of nitrogens with one attached hydrogen (secondary N) is 1. The molecule has 0 bridgehead atoms. The normalized spacial score (nSPS) is 11.8. The van der Waals surface area contributed by atoms with Gasteiger partial charge in [-0.3, -0.25) is 4.79 Å². The molecule has 0 unspecified atom stereocenters. The first-order valence-corrected chi connectivity index (χ1v) is 9.06. The van der Waals surface area contributed by atoms with Gasteiger partial charge in [-0.2, -0.15) is 0 Å². The molecule has 2 aromatic carbocycles. The minimum Gasteiger partial charge on any atom is -0.494 e. The summed E-state index contributed by atoms with van der Waals surface area (Å²) in [6, 6.07) is 13.8. The van der Waals surface area contributed by atoms with Crippen LogP contribution in [-0.2, 0) is 14.3 Å². The highest BCUT2D eigenvalue weighted by molar-refractivity contribution is 5.89. The van der Waals surface area contributed by atoms with E-state index in [1.807, 2.05) is 37.3 Å². The quantitative estimate of drug-likeness (QED) is 0.522. The molecule has 2 aromatic rings. The van der Waals surface area contributed by atoms with Gasteiger partial charge < -0.3 is 14.8 Å². The van der Waals surface area contributed by atoms with E-state index in [0.717, 1.165) is 24.5 Å². The van der Waals surface area contributed by atoms with Crippen LogP contribution in [0.25, 0.3) is 6.08 Å². The number of hydrogen-bond donors (Lipinski definition) is 1. The minimum atomic E-state index is -0.682. The van der Waals surface area contributed by atoms with Gasteiger partial charge in [-0.15, -0.1) is 0 Å². The van der Waals surface area contributed by atoms with Crippen LogP contribution in [0.4, 0.5) is 4.39 Å². The van der Waals surface area contributed by atoms with Gasteiger partial charge in [-0.25, -0.2) is 9.18 Å². The van der Waals surface area contributed by atoms with Gasteiger partial charge >= 0.3 is 5.97 Å². The standard InChI is InChI=1S/C22H24FNO4/c1-3-7-19(17-8-5-4-6-9-17)24-21(25)15-28-22(26)13-11-16-10-12-20(27-2)18(23)14-16/h4-6,8-14,19H,3,7,15H2,1-2H3,(H,24,25)/b13-11+/t19-/m0/s1. The maximum absolute atomic E-state index is 13.6. The van der Waals surface area contributed by atoms with E-state index in [-0.39, 0.29) is 24.3 Å². The van der Waals surface area contributed by atoms with Gasteiger partial charge in [-0.1, -0.05) is 49.7 Å². The Bertz CT molecular complexity index is 821. The zero-order valence-electron chi connectivity index (χ0n) is 16.0. The van der Waals surface area contributed by atoms with Gasteiger partial charge in [0.15, 0.2) is 18.2 Å². The molecule has 0 aliphatic rings. The molecule has 0 radical (unpaired) electrons. The molecule has 0 aliphatic heterocycles. The van der Waals surface area contributed by atoms with Crippen LogP contribution in [0.15, 0.2) is 54.6 Å². The molecule has 0 fully saturated rings. The van der Waals surface area contributed by atoms with Crippen molar-refractivity contribution in [1.82, 2.24) is 5.32 Å². The number of carbonyl (C=O) groups is 2. The highest BCUT2D eigenvalue weighted by atomic mass is 19.1. The van der Waals surface area contributed by atoms with E-state index in [1.54, 1.807) is 6.07 Å². The number of rotatable bonds is 9. The number of amides is 1. The Hall–Kier alpha value is -3.15. The molecule has 5 nitrogen and oxygen atoms in total. The summed E-state index contributed by atoms with van der Waals surface area (Å²) in [6.45, 7) is 1.65. The summed E-state index contributed by atoms with van der Waals surface area (Å²) in [4.78, 5) is 23.9. The molecule has 0 saturated carbocycles. The molecule has 28 heavy (non-hydrogen) atoms. The van der Waals surface area contributed by atoms with Crippen molar-refractivity contribution in [2.75, 3.05) is 13.7 Å². The van der Waals surface area contributed by atoms with Crippen molar-refractivity contribution in [3.05, 3.63) is 71.6 Å². The van der Waals surface area contributed by atoms with Crippen molar-refractivity contribution in [3.63, 3.8) is 0 Å². The Morgan fingerprint density at radius 1 is 1.18 bits per heavy atom. The Morgan fingerprint density at radius 3 is 2.57 bits per heavy atom. The van der Waals surface area contributed by atoms with Gasteiger partial charge in [0, 0.05) is 6.08 Å². The van der Waals surface area contributed by atoms with Gasteiger partial charge in [0.05, 0.1) is 13.2 Å². The lowest BCUT2D eigenvalue weighted by Gasteiger charge is -2.18. The van der Waals surface area contributed by atoms with Crippen molar-refractivity contribution < 1.29 is 23.5 Å². The zero-order chi connectivity index (χ0) is 20.4. The molecular weight excluding hydrogens is 361 g/mol. The Labute approximate surface area is 164 Å². The van der Waals surface area contributed by atoms with Gasteiger partial charge in [0.1, 0.15) is 0 Å². The first-order valence-electron chi connectivity index (χ1n) is 9.06. The lowest BCUT2D eigenvalue weighted by Crippen LogP contribution is -2.32. The van der Waals surface area contributed by atoms with Crippen LogP contribution >= 0.6 is 0 Å². The van der Waals surface area contributed by atoms with Crippen molar-refractivity contribution in [2.45, 2.75) is 25.8 Å². The van der Waals surface area contributed by atoms with Crippen molar-refractivity contribution in [2.24, 2.45) is 0 Å². The molecular formula is C22H24FNO4. The molecule has 2 rings (SSSR count). The average molecular weight is 385 g/mol. The Morgan fingerprint density at radius 2 is 1.93 bits per heavy atom. The summed E-state index contributed by atoms with van der Waals surface area (Å²) < 4.78 is 23.4. The lowest BCUT2D eigenvalue weighted by molar-refractivity contribution is -0.144. The second-order valence-corrected chi connectivity index (χ2v) is 6.15. The van der Waals surface area contributed by atoms with E-state index in [2.05, 4.69) is 5.32 Å². The van der Waals surface area contributed by atoms with Crippen LogP contribution < -0.4 is 10.1 Å². The summed E-state index contributed by atoms with van der Waals surface area (Å²) in [6.07, 6.45) is 4.25. The maximum atomic E-state index is 13.6. The zero-order valence-corrected chi connectivity index (χ0v) is 16.0. The van der Waals surface area contributed by atoms with E-state index in [4.69, 9.17) is 9.47 Å². The minimum absolute atomic E-state index is 0.122. The number of benzene rings is 2. The van der Waals surface area contributed by atoms with Crippen LogP contribution in [0, 0.1) is 5.82 Å². The van der Waals surface area contributed by atoms with E-state index in [0.29, 0.717) is 5.56 Å². The van der Waals surface area contributed by atoms with Crippen LogP contribution in [0.2, 0.25) is 0 Å². The Balaban J connectivity index is 1.85. The van der Waals surface area contributed by atoms with Crippen molar-refractivity contribution in [3.8, 4) is 5.75 Å². The predicted octanol–water partition coefficient (Wildman–Crippen LogP) is 4.05. The van der Waals surface area contributed by atoms with E-state index >= 15 is 0 Å². The first kappa shape index (κ1) is 21.2. The third-order valence-corrected chi connectivity index (χ3v) is 4.05. The molecule has 0 aliphatic carbocycles. The van der Waals surface area contributed by atoms with Crippen LogP contribution in [0.1, 0.15) is 36.9 Å². The lowest BCUT2D eigenvalue weighted by atomic mass is 10.0. The summed E-state index contributed by atoms with van der Waals surface area (Å²) in [5, 5.41) is 2.88. The van der Waals surface area contributed by atoms with E-state index in [9.17, 15) is 14.0 Å². The fourth-order valence-electron chi connectivity index (χ4n) is 2.67. The number of hydrogen-bond acceptors (Lipinski definition) is 4. The fourth-order valence-corrected chi connectivity index (χ4v) is 2.67. The second-order valence-electron chi connectivity index (χ2n) is 6.15. The van der Waals surface area contributed by atoms with E-state index < -0.39 is 11.8 Å². The maximum Gasteiger partial charge on any atom is 0.331 e. The summed E-state index contributed by atoms with van der Waals surface area (Å²) >= 11 is 0. The molecule has 1 N–H and O–H groups in total. The summed E-state index contributed by atoms with van der Waals surface area (Å²) in [5.74, 6) is -1.46. The fraction of sp³-hybridized carbons (Fsp3) is 0.273. The number of ether oxygens (including phenoxy) is 2. The molecule has 0 saturated heterocycles. The molecule has 0 aromatic heterocycles. The summed E-state index contributed by atoms with van der Waals surface area (Å²) in [7, 11) is 1.37. The first-order chi connectivity index (χ1) is 13.5. The number of methoxy groups -OCH3 is 1. The average Bonchev–Trinajstić information content (AvgIpc) is 2.71. The van der Waals surface area contributed by atoms with Gasteiger partial charge in [-0.05, 0) is 35.8 Å². The SMILES string of the molecule is CCC[C@H](NC(=O)COC(=O)/C=C/c1ccc(OC)c(F)c1)c1ccccc1. The van der Waals surface area contributed by atoms with Gasteiger partial charge in [0.25, 0.3) is 5.91 Å². The molecule has 1 atom stereocenters. The van der Waals surface area contributed by atoms with Crippen molar-refractivity contribution >= 4 is 18.0 Å². The molecule has 0 heterocycles. The molecule has 0 spiro atoms. The van der Waals surface area contributed by atoms with Crippen LogP contribution in [-0.4, -0.2) is 25.6 Å². The third kappa shape index (κ3) is 6.54. The van der Waals surface area contributed by atoms with Crippen LogP contribution in [0.5, 0.6) is 5.75 Å². The molecule has 148 valence electrons.